The first-order chi connectivity index (χ1) is 14.7. The van der Waals surface area contributed by atoms with Crippen LogP contribution in [0, 0.1) is 11.8 Å². The molecule has 1 aromatic carbocycles. The van der Waals surface area contributed by atoms with Crippen LogP contribution in [-0.2, 0) is 6.42 Å². The van der Waals surface area contributed by atoms with Gasteiger partial charge in [0.1, 0.15) is 5.69 Å². The van der Waals surface area contributed by atoms with Crippen molar-refractivity contribution in [3.8, 4) is 0 Å². The van der Waals surface area contributed by atoms with Gasteiger partial charge in [0, 0.05) is 38.1 Å². The maximum absolute atomic E-state index is 12.8. The molecule has 2 saturated heterocycles. The van der Waals surface area contributed by atoms with Gasteiger partial charge >= 0.3 is 0 Å². The van der Waals surface area contributed by atoms with Crippen LogP contribution in [0.4, 0.5) is 0 Å². The summed E-state index contributed by atoms with van der Waals surface area (Å²) in [5.74, 6) is 1.79. The quantitative estimate of drug-likeness (QED) is 0.761. The summed E-state index contributed by atoms with van der Waals surface area (Å²) in [5, 5.41) is 0. The van der Waals surface area contributed by atoms with Gasteiger partial charge in [-0.3, -0.25) is 9.78 Å². The summed E-state index contributed by atoms with van der Waals surface area (Å²) in [5.41, 5.74) is 3.36. The summed E-state index contributed by atoms with van der Waals surface area (Å²) >= 11 is 0. The second kappa shape index (κ2) is 8.46. The lowest BCUT2D eigenvalue weighted by atomic mass is 9.86. The number of likely N-dealkylation sites (tertiary alicyclic amines) is 2. The minimum atomic E-state index is 0.0303. The molecular weight excluding hydrogens is 372 g/mol. The second-order valence-electron chi connectivity index (χ2n) is 9.43. The van der Waals surface area contributed by atoms with Gasteiger partial charge in [-0.1, -0.05) is 24.3 Å². The van der Waals surface area contributed by atoms with Crippen LogP contribution in [0.2, 0.25) is 0 Å². The van der Waals surface area contributed by atoms with Crippen molar-refractivity contribution in [1.29, 1.82) is 0 Å². The number of aromatic nitrogens is 2. The van der Waals surface area contributed by atoms with Crippen molar-refractivity contribution < 1.29 is 4.79 Å². The second-order valence-corrected chi connectivity index (χ2v) is 9.43. The first-order valence-electron chi connectivity index (χ1n) is 11.6. The molecule has 1 aromatic heterocycles. The van der Waals surface area contributed by atoms with Crippen LogP contribution < -0.4 is 0 Å². The molecule has 158 valence electrons. The molecule has 5 nitrogen and oxygen atoms in total. The molecule has 2 aliphatic heterocycles. The highest BCUT2D eigenvalue weighted by atomic mass is 16.2. The SMILES string of the molecule is C[C@@H]1CCCN1CCc1ccc([C@@H]2CC[C@@H]3CN(C(=O)c4cnccn4)C[C@@H]32)cc1. The molecule has 2 aromatic rings. The number of carbonyl (C=O) groups is 1. The number of amides is 1. The zero-order valence-corrected chi connectivity index (χ0v) is 17.9. The lowest BCUT2D eigenvalue weighted by molar-refractivity contribution is 0.0773. The fourth-order valence-corrected chi connectivity index (χ4v) is 5.95. The number of carbonyl (C=O) groups excluding carboxylic acids is 1. The van der Waals surface area contributed by atoms with Crippen LogP contribution in [0.3, 0.4) is 0 Å². The number of nitrogens with zero attached hydrogens (tertiary/aromatic N) is 4. The molecule has 1 aliphatic carbocycles. The van der Waals surface area contributed by atoms with Gasteiger partial charge in [0.25, 0.3) is 5.91 Å². The molecule has 0 radical (unpaired) electrons. The molecule has 0 spiro atoms. The summed E-state index contributed by atoms with van der Waals surface area (Å²) in [6, 6.07) is 10.1. The molecule has 0 bridgehead atoms. The number of hydrogen-bond donors (Lipinski definition) is 0. The van der Waals surface area contributed by atoms with Gasteiger partial charge in [0.05, 0.1) is 6.20 Å². The Balaban J connectivity index is 1.21. The highest BCUT2D eigenvalue weighted by Gasteiger charge is 2.44. The fraction of sp³-hybridized carbons (Fsp3) is 0.560. The van der Waals surface area contributed by atoms with Crippen molar-refractivity contribution in [1.82, 2.24) is 19.8 Å². The molecule has 5 rings (SSSR count). The molecule has 4 atom stereocenters. The third kappa shape index (κ3) is 3.87. The summed E-state index contributed by atoms with van der Waals surface area (Å²) in [7, 11) is 0. The number of fused-ring (bicyclic) bond motifs is 1. The highest BCUT2D eigenvalue weighted by molar-refractivity contribution is 5.92. The zero-order chi connectivity index (χ0) is 20.5. The van der Waals surface area contributed by atoms with Crippen molar-refractivity contribution in [2.75, 3.05) is 26.2 Å². The summed E-state index contributed by atoms with van der Waals surface area (Å²) in [6.07, 6.45) is 11.1. The minimum Gasteiger partial charge on any atom is -0.337 e. The molecule has 0 unspecified atom stereocenters. The van der Waals surface area contributed by atoms with Gasteiger partial charge in [-0.15, -0.1) is 0 Å². The molecule has 30 heavy (non-hydrogen) atoms. The van der Waals surface area contributed by atoms with Crippen LogP contribution in [0.15, 0.2) is 42.9 Å². The summed E-state index contributed by atoms with van der Waals surface area (Å²) in [6.45, 7) is 6.50. The van der Waals surface area contributed by atoms with Crippen LogP contribution in [-0.4, -0.2) is 57.9 Å². The molecule has 1 saturated carbocycles. The lowest BCUT2D eigenvalue weighted by Gasteiger charge is -2.22. The van der Waals surface area contributed by atoms with E-state index in [1.165, 1.54) is 49.9 Å². The Kier molecular flexibility index (Phi) is 5.55. The van der Waals surface area contributed by atoms with E-state index in [-0.39, 0.29) is 5.91 Å². The Morgan fingerprint density at radius 3 is 2.70 bits per heavy atom. The van der Waals surface area contributed by atoms with Gasteiger partial charge < -0.3 is 9.80 Å². The van der Waals surface area contributed by atoms with E-state index < -0.39 is 0 Å². The van der Waals surface area contributed by atoms with Crippen molar-refractivity contribution in [3.63, 3.8) is 0 Å². The highest BCUT2D eigenvalue weighted by Crippen LogP contribution is 2.47. The smallest absolute Gasteiger partial charge is 0.274 e. The van der Waals surface area contributed by atoms with E-state index in [1.54, 1.807) is 18.6 Å². The summed E-state index contributed by atoms with van der Waals surface area (Å²) in [4.78, 5) is 25.7. The van der Waals surface area contributed by atoms with Gasteiger partial charge in [-0.2, -0.15) is 0 Å². The predicted molar refractivity (Wildman–Crippen MR) is 117 cm³/mol. The van der Waals surface area contributed by atoms with Crippen LogP contribution in [0.1, 0.15) is 60.1 Å². The molecule has 3 heterocycles. The van der Waals surface area contributed by atoms with Gasteiger partial charge in [-0.25, -0.2) is 4.98 Å². The Morgan fingerprint density at radius 1 is 1.10 bits per heavy atom. The van der Waals surface area contributed by atoms with E-state index in [9.17, 15) is 4.79 Å². The fourth-order valence-electron chi connectivity index (χ4n) is 5.95. The number of benzene rings is 1. The Labute approximate surface area is 179 Å². The van der Waals surface area contributed by atoms with Crippen molar-refractivity contribution in [2.24, 2.45) is 11.8 Å². The summed E-state index contributed by atoms with van der Waals surface area (Å²) < 4.78 is 0. The Bertz CT molecular complexity index is 868. The molecule has 0 N–H and O–H groups in total. The van der Waals surface area contributed by atoms with Crippen molar-refractivity contribution in [3.05, 3.63) is 59.7 Å². The van der Waals surface area contributed by atoms with Gasteiger partial charge in [0.15, 0.2) is 0 Å². The maximum Gasteiger partial charge on any atom is 0.274 e. The lowest BCUT2D eigenvalue weighted by Crippen LogP contribution is -2.30. The molecule has 3 aliphatic rings. The maximum atomic E-state index is 12.8. The van der Waals surface area contributed by atoms with E-state index in [0.717, 1.165) is 25.6 Å². The average molecular weight is 405 g/mol. The monoisotopic (exact) mass is 404 g/mol. The number of hydrogen-bond acceptors (Lipinski definition) is 4. The largest absolute Gasteiger partial charge is 0.337 e. The van der Waals surface area contributed by atoms with Crippen LogP contribution in [0.5, 0.6) is 0 Å². The molecule has 3 fully saturated rings. The Hall–Kier alpha value is -2.27. The predicted octanol–water partition coefficient (Wildman–Crippen LogP) is 3.77. The van der Waals surface area contributed by atoms with E-state index in [1.807, 2.05) is 4.90 Å². The molecular formula is C25H32N4O. The third-order valence-electron chi connectivity index (χ3n) is 7.71. The van der Waals surface area contributed by atoms with Crippen molar-refractivity contribution >= 4 is 5.91 Å². The topological polar surface area (TPSA) is 49.3 Å². The normalized spacial score (nSPS) is 28.8. The van der Waals surface area contributed by atoms with E-state index >= 15 is 0 Å². The minimum absolute atomic E-state index is 0.0303. The number of rotatable bonds is 5. The van der Waals surface area contributed by atoms with E-state index in [2.05, 4.69) is 46.1 Å². The van der Waals surface area contributed by atoms with Gasteiger partial charge in [-0.05, 0) is 74.5 Å². The van der Waals surface area contributed by atoms with E-state index in [0.29, 0.717) is 23.4 Å². The van der Waals surface area contributed by atoms with E-state index in [4.69, 9.17) is 0 Å². The van der Waals surface area contributed by atoms with Gasteiger partial charge in [0.2, 0.25) is 0 Å². The van der Waals surface area contributed by atoms with Crippen LogP contribution in [0.25, 0.3) is 0 Å². The third-order valence-corrected chi connectivity index (χ3v) is 7.71. The van der Waals surface area contributed by atoms with Crippen molar-refractivity contribution in [2.45, 2.75) is 51.0 Å². The average Bonchev–Trinajstić information content (AvgIpc) is 3.49. The molecule has 1 amide bonds. The molecule has 5 heteroatoms. The first-order valence-corrected chi connectivity index (χ1v) is 11.6. The van der Waals surface area contributed by atoms with Crippen LogP contribution >= 0.6 is 0 Å². The zero-order valence-electron chi connectivity index (χ0n) is 17.9. The first kappa shape index (κ1) is 19.7. The standard InChI is InChI=1S/C25H32N4O/c1-18-3-2-13-28(18)14-10-19-4-6-20(7-5-19)22-9-8-21-16-29(17-23(21)22)25(30)24-15-26-11-12-27-24/h4-7,11-12,15,18,21-23H,2-3,8-10,13-14,16-17H2,1H3/t18-,21-,22+,23+/m1/s1. The Morgan fingerprint density at radius 2 is 1.97 bits per heavy atom.